The highest BCUT2D eigenvalue weighted by Gasteiger charge is 2.34. The van der Waals surface area contributed by atoms with Gasteiger partial charge < -0.3 is 10.2 Å². The molecule has 1 amide bonds. The molecular weight excluding hydrogens is 382 g/mol. The van der Waals surface area contributed by atoms with Crippen molar-refractivity contribution in [3.05, 3.63) is 63.7 Å². The Kier molecular flexibility index (Phi) is 5.73. The lowest BCUT2D eigenvalue weighted by molar-refractivity contribution is -0.112. The van der Waals surface area contributed by atoms with Crippen molar-refractivity contribution < 1.29 is 4.79 Å². The van der Waals surface area contributed by atoms with Gasteiger partial charge in [-0.2, -0.15) is 5.26 Å². The minimum absolute atomic E-state index is 0.0696. The average molecular weight is 408 g/mol. The third-order valence-corrected chi connectivity index (χ3v) is 6.04. The molecule has 0 unspecified atom stereocenters. The Morgan fingerprint density at radius 2 is 1.97 bits per heavy atom. The summed E-state index contributed by atoms with van der Waals surface area (Å²) < 4.78 is 0. The first kappa shape index (κ1) is 21.0. The van der Waals surface area contributed by atoms with E-state index in [1.54, 1.807) is 30.3 Å². The number of nitrogens with zero attached hydrogens (tertiary/aromatic N) is 2. The molecule has 1 heterocycles. The topological polar surface area (TPSA) is 56.1 Å². The predicted molar refractivity (Wildman–Crippen MR) is 120 cm³/mol. The third kappa shape index (κ3) is 4.31. The van der Waals surface area contributed by atoms with Crippen LogP contribution in [0.3, 0.4) is 0 Å². The molecule has 5 heteroatoms. The van der Waals surface area contributed by atoms with E-state index >= 15 is 0 Å². The Hall–Kier alpha value is -2.77. The van der Waals surface area contributed by atoms with Gasteiger partial charge in [0.2, 0.25) is 0 Å². The van der Waals surface area contributed by atoms with Crippen LogP contribution in [-0.2, 0) is 4.79 Å². The van der Waals surface area contributed by atoms with E-state index in [4.69, 9.17) is 11.6 Å². The van der Waals surface area contributed by atoms with E-state index in [1.165, 1.54) is 11.3 Å². The molecule has 1 aliphatic rings. The van der Waals surface area contributed by atoms with Crippen LogP contribution in [0, 0.1) is 18.3 Å². The van der Waals surface area contributed by atoms with Gasteiger partial charge in [0, 0.05) is 29.0 Å². The second-order valence-corrected chi connectivity index (χ2v) is 8.81. The summed E-state index contributed by atoms with van der Waals surface area (Å²) in [4.78, 5) is 14.9. The van der Waals surface area contributed by atoms with Crippen molar-refractivity contribution in [3.8, 4) is 6.07 Å². The fourth-order valence-electron chi connectivity index (χ4n) is 3.93. The molecule has 2 aromatic carbocycles. The van der Waals surface area contributed by atoms with Gasteiger partial charge in [-0.3, -0.25) is 4.79 Å². The number of anilines is 2. The quantitative estimate of drug-likeness (QED) is 0.507. The number of aryl methyl sites for hydroxylation is 1. The lowest BCUT2D eigenvalue weighted by Gasteiger charge is -2.45. The zero-order valence-corrected chi connectivity index (χ0v) is 18.3. The van der Waals surface area contributed by atoms with Gasteiger partial charge in [0.25, 0.3) is 5.91 Å². The summed E-state index contributed by atoms with van der Waals surface area (Å²) in [5.74, 6) is -0.0318. The van der Waals surface area contributed by atoms with Gasteiger partial charge in [0.1, 0.15) is 11.6 Å². The second-order valence-electron chi connectivity index (χ2n) is 8.38. The van der Waals surface area contributed by atoms with E-state index in [2.05, 4.69) is 50.2 Å². The van der Waals surface area contributed by atoms with Crippen LogP contribution in [-0.4, -0.2) is 18.5 Å². The minimum atomic E-state index is -0.432. The minimum Gasteiger partial charge on any atom is -0.369 e. The molecular formula is C24H26ClN3O. The van der Waals surface area contributed by atoms with Crippen molar-refractivity contribution in [2.45, 2.75) is 45.6 Å². The first-order chi connectivity index (χ1) is 13.6. The molecule has 0 fully saturated rings. The summed E-state index contributed by atoms with van der Waals surface area (Å²) in [5, 5.41) is 12.9. The first-order valence-corrected chi connectivity index (χ1v) is 10.1. The third-order valence-electron chi connectivity index (χ3n) is 5.79. The number of carbonyl (C=O) groups is 1. The molecule has 0 aromatic heterocycles. The highest BCUT2D eigenvalue weighted by Crippen LogP contribution is 2.43. The molecule has 1 N–H and O–H groups in total. The molecule has 1 aliphatic heterocycles. The predicted octanol–water partition coefficient (Wildman–Crippen LogP) is 5.92. The molecule has 0 saturated carbocycles. The summed E-state index contributed by atoms with van der Waals surface area (Å²) >= 11 is 5.88. The van der Waals surface area contributed by atoms with E-state index in [0.29, 0.717) is 16.6 Å². The molecule has 1 atom stereocenters. The number of nitrogens with one attached hydrogen (secondary N) is 1. The number of nitriles is 1. The molecule has 4 nitrogen and oxygen atoms in total. The maximum atomic E-state index is 12.6. The Bertz CT molecular complexity index is 1020. The Balaban J connectivity index is 1.94. The van der Waals surface area contributed by atoms with Crippen molar-refractivity contribution in [2.24, 2.45) is 0 Å². The lowest BCUT2D eigenvalue weighted by atomic mass is 9.79. The molecule has 0 spiro atoms. The SMILES string of the molecule is Cc1cc2c(cc1/C=C(/C#N)C(=O)Nc1ccc(Cl)cc1)[C@H](C)CC(C)(C)N2C. The van der Waals surface area contributed by atoms with Crippen molar-refractivity contribution in [3.63, 3.8) is 0 Å². The van der Waals surface area contributed by atoms with Gasteiger partial charge in [0.15, 0.2) is 0 Å². The summed E-state index contributed by atoms with van der Waals surface area (Å²) in [6, 6.07) is 13.1. The normalized spacial score (nSPS) is 18.0. The smallest absolute Gasteiger partial charge is 0.266 e. The van der Waals surface area contributed by atoms with Gasteiger partial charge in [-0.05, 0) is 92.3 Å². The molecule has 2 aromatic rings. The fourth-order valence-corrected chi connectivity index (χ4v) is 4.05. The molecule has 29 heavy (non-hydrogen) atoms. The summed E-state index contributed by atoms with van der Waals surface area (Å²) in [5.41, 5.74) is 5.15. The van der Waals surface area contributed by atoms with Gasteiger partial charge in [-0.15, -0.1) is 0 Å². The molecule has 150 valence electrons. The van der Waals surface area contributed by atoms with Crippen molar-refractivity contribution in [1.82, 2.24) is 0 Å². The van der Waals surface area contributed by atoms with Gasteiger partial charge in [-0.25, -0.2) is 0 Å². The zero-order valence-electron chi connectivity index (χ0n) is 17.5. The van der Waals surface area contributed by atoms with Crippen LogP contribution in [0.15, 0.2) is 42.0 Å². The van der Waals surface area contributed by atoms with Crippen LogP contribution in [0.5, 0.6) is 0 Å². The number of hydrogen-bond donors (Lipinski definition) is 1. The Morgan fingerprint density at radius 1 is 1.31 bits per heavy atom. The molecule has 0 aliphatic carbocycles. The molecule has 0 radical (unpaired) electrons. The number of halogens is 1. The number of benzene rings is 2. The number of rotatable bonds is 3. The highest BCUT2D eigenvalue weighted by atomic mass is 35.5. The second kappa shape index (κ2) is 7.93. The van der Waals surface area contributed by atoms with Crippen LogP contribution < -0.4 is 10.2 Å². The summed E-state index contributed by atoms with van der Waals surface area (Å²) in [6.45, 7) is 8.75. The number of carbonyl (C=O) groups excluding carboxylic acids is 1. The van der Waals surface area contributed by atoms with Crippen LogP contribution in [0.1, 0.15) is 49.8 Å². The van der Waals surface area contributed by atoms with Crippen molar-refractivity contribution in [1.29, 1.82) is 5.26 Å². The lowest BCUT2D eigenvalue weighted by Crippen LogP contribution is -2.45. The number of amides is 1. The first-order valence-electron chi connectivity index (χ1n) is 9.69. The van der Waals surface area contributed by atoms with Crippen LogP contribution >= 0.6 is 11.6 Å². The summed E-state index contributed by atoms with van der Waals surface area (Å²) in [7, 11) is 2.12. The standard InChI is InChI=1S/C24H26ClN3O/c1-15-10-22-21(16(2)13-24(3,4)28(22)5)12-17(15)11-18(14-26)23(29)27-20-8-6-19(25)7-9-20/h6-12,16H,13H2,1-5H3,(H,27,29)/b18-11-/t16-/m1/s1. The Labute approximate surface area is 177 Å². The van der Waals surface area contributed by atoms with Gasteiger partial charge >= 0.3 is 0 Å². The number of hydrogen-bond acceptors (Lipinski definition) is 3. The largest absolute Gasteiger partial charge is 0.369 e. The van der Waals surface area contributed by atoms with E-state index < -0.39 is 5.91 Å². The van der Waals surface area contributed by atoms with Gasteiger partial charge in [-0.1, -0.05) is 18.5 Å². The molecule has 3 rings (SSSR count). The average Bonchev–Trinajstić information content (AvgIpc) is 2.66. The maximum absolute atomic E-state index is 12.6. The summed E-state index contributed by atoms with van der Waals surface area (Å²) in [6.07, 6.45) is 2.72. The van der Waals surface area contributed by atoms with Crippen LogP contribution in [0.4, 0.5) is 11.4 Å². The van der Waals surface area contributed by atoms with Gasteiger partial charge in [0.05, 0.1) is 0 Å². The number of fused-ring (bicyclic) bond motifs is 1. The molecule has 0 saturated heterocycles. The van der Waals surface area contributed by atoms with Crippen molar-refractivity contribution in [2.75, 3.05) is 17.3 Å². The van der Waals surface area contributed by atoms with E-state index in [0.717, 1.165) is 17.5 Å². The molecule has 0 bridgehead atoms. The van der Waals surface area contributed by atoms with Crippen LogP contribution in [0.25, 0.3) is 6.08 Å². The monoisotopic (exact) mass is 407 g/mol. The van der Waals surface area contributed by atoms with E-state index in [1.807, 2.05) is 13.0 Å². The van der Waals surface area contributed by atoms with Crippen LogP contribution in [0.2, 0.25) is 5.02 Å². The Morgan fingerprint density at radius 3 is 2.59 bits per heavy atom. The maximum Gasteiger partial charge on any atom is 0.266 e. The van der Waals surface area contributed by atoms with E-state index in [-0.39, 0.29) is 11.1 Å². The zero-order chi connectivity index (χ0) is 21.3. The van der Waals surface area contributed by atoms with E-state index in [9.17, 15) is 10.1 Å². The fraction of sp³-hybridized carbons (Fsp3) is 0.333. The van der Waals surface area contributed by atoms with Crippen molar-refractivity contribution >= 4 is 35.0 Å². The highest BCUT2D eigenvalue weighted by molar-refractivity contribution is 6.30.